The van der Waals surface area contributed by atoms with E-state index in [2.05, 4.69) is 0 Å². The van der Waals surface area contributed by atoms with E-state index in [-0.39, 0.29) is 6.54 Å². The van der Waals surface area contributed by atoms with Crippen LogP contribution < -0.4 is 4.72 Å². The lowest BCUT2D eigenvalue weighted by Crippen LogP contribution is -2.24. The molecule has 0 rings (SSSR count). The number of hydrogen-bond donors (Lipinski definition) is 2. The molecule has 4 nitrogen and oxygen atoms in total. The molecule has 0 spiro atoms. The number of hydrogen-bond acceptors (Lipinski definition) is 2. The number of rotatable bonds is 3. The molecule has 0 aliphatic heterocycles. The molecule has 0 fully saturated rings. The second-order valence-corrected chi connectivity index (χ2v) is 3.38. The van der Waals surface area contributed by atoms with Crippen molar-refractivity contribution in [2.24, 2.45) is 0 Å². The highest BCUT2D eigenvalue weighted by atomic mass is 127. The third kappa shape index (κ3) is 6.60. The summed E-state index contributed by atoms with van der Waals surface area (Å²) in [6, 6.07) is 0. The van der Waals surface area contributed by atoms with Crippen molar-refractivity contribution in [2.45, 2.75) is 0 Å². The normalized spacial score (nSPS) is 11.8. The first-order chi connectivity index (χ1) is 3.56. The molecule has 50 valence electrons. The summed E-state index contributed by atoms with van der Waals surface area (Å²) >= 11 is 1.99. The molecule has 0 saturated carbocycles. The number of halogens is 1. The van der Waals surface area contributed by atoms with E-state index in [9.17, 15) is 8.42 Å². The Balaban J connectivity index is 3.42. The van der Waals surface area contributed by atoms with Gasteiger partial charge in [-0.05, 0) is 0 Å². The Labute approximate surface area is 61.7 Å². The standard InChI is InChI=1S/C2H6INO3S/c3-1-2-4-8(5,6)7/h4H,1-2H2,(H,5,6,7). The maximum atomic E-state index is 9.83. The van der Waals surface area contributed by atoms with Crippen molar-refractivity contribution < 1.29 is 13.0 Å². The van der Waals surface area contributed by atoms with Crippen LogP contribution in [0, 0.1) is 0 Å². The van der Waals surface area contributed by atoms with Crippen molar-refractivity contribution in [1.29, 1.82) is 0 Å². The van der Waals surface area contributed by atoms with Gasteiger partial charge in [-0.25, -0.2) is 0 Å². The maximum Gasteiger partial charge on any atom is 0.333 e. The lowest BCUT2D eigenvalue weighted by Gasteiger charge is -1.93. The van der Waals surface area contributed by atoms with Gasteiger partial charge in [-0.1, -0.05) is 22.6 Å². The Morgan fingerprint density at radius 1 is 1.62 bits per heavy atom. The minimum Gasteiger partial charge on any atom is -0.273 e. The minimum atomic E-state index is -3.94. The molecule has 0 aromatic carbocycles. The van der Waals surface area contributed by atoms with Gasteiger partial charge in [0, 0.05) is 11.0 Å². The molecule has 6 heteroatoms. The van der Waals surface area contributed by atoms with E-state index in [1.807, 2.05) is 27.3 Å². The summed E-state index contributed by atoms with van der Waals surface area (Å²) in [5, 5.41) is 0. The van der Waals surface area contributed by atoms with Crippen LogP contribution in [-0.2, 0) is 10.3 Å². The quantitative estimate of drug-likeness (QED) is 0.415. The van der Waals surface area contributed by atoms with Gasteiger partial charge in [-0.3, -0.25) is 4.55 Å². The third-order valence-corrected chi connectivity index (χ3v) is 1.49. The van der Waals surface area contributed by atoms with Gasteiger partial charge >= 0.3 is 10.3 Å². The SMILES string of the molecule is O=S(=O)(O)NCCI. The number of nitrogens with one attached hydrogen (secondary N) is 1. The van der Waals surface area contributed by atoms with E-state index < -0.39 is 10.3 Å². The largest absolute Gasteiger partial charge is 0.333 e. The Bertz CT molecular complexity index is 141. The summed E-state index contributed by atoms with van der Waals surface area (Å²) in [5.74, 6) is 0. The average molecular weight is 251 g/mol. The molecule has 0 radical (unpaired) electrons. The van der Waals surface area contributed by atoms with Crippen molar-refractivity contribution in [3.8, 4) is 0 Å². The highest BCUT2D eigenvalue weighted by Crippen LogP contribution is 1.78. The lowest BCUT2D eigenvalue weighted by molar-refractivity contribution is 0.470. The zero-order valence-corrected chi connectivity index (χ0v) is 6.94. The maximum absolute atomic E-state index is 9.83. The van der Waals surface area contributed by atoms with Crippen LogP contribution in [0.15, 0.2) is 0 Å². The van der Waals surface area contributed by atoms with Crippen molar-refractivity contribution in [3.05, 3.63) is 0 Å². The van der Waals surface area contributed by atoms with Gasteiger partial charge in [0.25, 0.3) is 0 Å². The minimum absolute atomic E-state index is 0.277. The summed E-state index contributed by atoms with van der Waals surface area (Å²) in [6.45, 7) is 0.277. The second-order valence-electron chi connectivity index (χ2n) is 1.06. The van der Waals surface area contributed by atoms with Crippen molar-refractivity contribution in [3.63, 3.8) is 0 Å². The van der Waals surface area contributed by atoms with E-state index in [4.69, 9.17) is 4.55 Å². The molecule has 0 heterocycles. The van der Waals surface area contributed by atoms with Crippen LogP contribution in [0.5, 0.6) is 0 Å². The number of alkyl halides is 1. The topological polar surface area (TPSA) is 66.4 Å². The third-order valence-electron chi connectivity index (χ3n) is 0.379. The summed E-state index contributed by atoms with van der Waals surface area (Å²) in [5.41, 5.74) is 0. The fourth-order valence-electron chi connectivity index (χ4n) is 0.168. The zero-order chi connectivity index (χ0) is 6.62. The lowest BCUT2D eigenvalue weighted by atomic mass is 10.8. The van der Waals surface area contributed by atoms with E-state index in [1.54, 1.807) is 0 Å². The van der Waals surface area contributed by atoms with Crippen LogP contribution >= 0.6 is 22.6 Å². The predicted octanol–water partition coefficient (Wildman–Crippen LogP) is -0.186. The van der Waals surface area contributed by atoms with E-state index in [1.165, 1.54) is 0 Å². The Morgan fingerprint density at radius 2 is 2.12 bits per heavy atom. The van der Waals surface area contributed by atoms with Gasteiger partial charge in [0.1, 0.15) is 0 Å². The molecule has 0 unspecified atom stereocenters. The molecular weight excluding hydrogens is 245 g/mol. The Morgan fingerprint density at radius 3 is 2.25 bits per heavy atom. The van der Waals surface area contributed by atoms with E-state index in [0.717, 1.165) is 0 Å². The fourth-order valence-corrected chi connectivity index (χ4v) is 1.16. The van der Waals surface area contributed by atoms with Crippen LogP contribution in [-0.4, -0.2) is 23.9 Å². The Kier molecular flexibility index (Phi) is 3.86. The highest BCUT2D eigenvalue weighted by Gasteiger charge is 1.97. The van der Waals surface area contributed by atoms with Gasteiger partial charge in [-0.2, -0.15) is 13.1 Å². The van der Waals surface area contributed by atoms with Gasteiger partial charge in [0.15, 0.2) is 0 Å². The predicted molar refractivity (Wildman–Crippen MR) is 38.4 cm³/mol. The molecule has 2 N–H and O–H groups in total. The van der Waals surface area contributed by atoms with Gasteiger partial charge in [-0.15, -0.1) is 0 Å². The molecular formula is C2H6INO3S. The van der Waals surface area contributed by atoms with Crippen LogP contribution in [0.1, 0.15) is 0 Å². The van der Waals surface area contributed by atoms with Crippen LogP contribution in [0.3, 0.4) is 0 Å². The van der Waals surface area contributed by atoms with Gasteiger partial charge in [0.05, 0.1) is 0 Å². The second kappa shape index (κ2) is 3.59. The van der Waals surface area contributed by atoms with E-state index in [0.29, 0.717) is 4.43 Å². The smallest absolute Gasteiger partial charge is 0.273 e. The molecule has 0 aliphatic rings. The van der Waals surface area contributed by atoms with Gasteiger partial charge < -0.3 is 0 Å². The molecule has 8 heavy (non-hydrogen) atoms. The fraction of sp³-hybridized carbons (Fsp3) is 1.00. The first kappa shape index (κ1) is 8.60. The highest BCUT2D eigenvalue weighted by molar-refractivity contribution is 14.1. The Hall–Kier alpha value is 0.600. The molecule has 0 atom stereocenters. The first-order valence-corrected chi connectivity index (χ1v) is 4.81. The molecule has 0 bridgehead atoms. The summed E-state index contributed by atoms with van der Waals surface area (Å²) in [7, 11) is -3.94. The zero-order valence-electron chi connectivity index (χ0n) is 3.96. The molecule has 0 aromatic heterocycles. The van der Waals surface area contributed by atoms with E-state index >= 15 is 0 Å². The molecule has 0 saturated heterocycles. The van der Waals surface area contributed by atoms with Crippen LogP contribution in [0.2, 0.25) is 0 Å². The van der Waals surface area contributed by atoms with Crippen LogP contribution in [0.4, 0.5) is 0 Å². The molecule has 0 aliphatic carbocycles. The first-order valence-electron chi connectivity index (χ1n) is 1.84. The van der Waals surface area contributed by atoms with Gasteiger partial charge in [0.2, 0.25) is 0 Å². The monoisotopic (exact) mass is 251 g/mol. The van der Waals surface area contributed by atoms with Crippen LogP contribution in [0.25, 0.3) is 0 Å². The van der Waals surface area contributed by atoms with Crippen molar-refractivity contribution in [2.75, 3.05) is 11.0 Å². The van der Waals surface area contributed by atoms with Crippen molar-refractivity contribution >= 4 is 32.9 Å². The molecule has 0 aromatic rings. The molecule has 0 amide bonds. The summed E-state index contributed by atoms with van der Waals surface area (Å²) < 4.78 is 30.2. The summed E-state index contributed by atoms with van der Waals surface area (Å²) in [4.78, 5) is 0. The summed E-state index contributed by atoms with van der Waals surface area (Å²) in [6.07, 6.45) is 0. The average Bonchev–Trinajstić information content (AvgIpc) is 1.59. The van der Waals surface area contributed by atoms with Crippen molar-refractivity contribution in [1.82, 2.24) is 4.72 Å².